The van der Waals surface area contributed by atoms with Gasteiger partial charge in [0.25, 0.3) is 0 Å². The van der Waals surface area contributed by atoms with E-state index >= 15 is 0 Å². The van der Waals surface area contributed by atoms with Crippen molar-refractivity contribution in [2.24, 2.45) is 0 Å². The van der Waals surface area contributed by atoms with Crippen molar-refractivity contribution in [2.45, 2.75) is 16.2 Å². The summed E-state index contributed by atoms with van der Waals surface area (Å²) in [5.41, 5.74) is 37.0. The fourth-order valence-corrected chi connectivity index (χ4v) is 26.5. The van der Waals surface area contributed by atoms with E-state index in [0.29, 0.717) is 17.5 Å². The number of pyridine rings is 1. The predicted octanol–water partition coefficient (Wildman–Crippen LogP) is 36.2. The molecule has 0 fully saturated rings. The van der Waals surface area contributed by atoms with Gasteiger partial charge in [0.05, 0.1) is 39.0 Å². The summed E-state index contributed by atoms with van der Waals surface area (Å²) in [5, 5.41) is 7.45. The average Bonchev–Trinajstić information content (AvgIpc) is 1.53. The van der Waals surface area contributed by atoms with E-state index in [1.807, 2.05) is 102 Å². The number of thiophene rings is 2. The van der Waals surface area contributed by atoms with Crippen molar-refractivity contribution in [2.75, 3.05) is 0 Å². The Kier molecular flexibility index (Phi) is 21.9. The number of fused-ring (bicyclic) bond motifs is 21. The Labute approximate surface area is 876 Å². The van der Waals surface area contributed by atoms with E-state index in [2.05, 4.69) is 467 Å². The summed E-state index contributed by atoms with van der Waals surface area (Å²) in [6.45, 7) is 0. The molecule has 7 nitrogen and oxygen atoms in total. The van der Waals surface area contributed by atoms with Gasteiger partial charge in [0.2, 0.25) is 0 Å². The summed E-state index contributed by atoms with van der Waals surface area (Å²) in [6.07, 6.45) is 0. The molecule has 0 saturated heterocycles. The molecule has 6 aromatic heterocycles. The smallest absolute Gasteiger partial charge is 0.164 e. The first-order valence-electron chi connectivity index (χ1n) is 51.0. The third-order valence-electron chi connectivity index (χ3n) is 30.6. The molecule has 27 aromatic rings. The van der Waals surface area contributed by atoms with Gasteiger partial charge in [-0.1, -0.05) is 491 Å². The van der Waals surface area contributed by atoms with Crippen LogP contribution >= 0.6 is 22.7 Å². The highest BCUT2D eigenvalue weighted by molar-refractivity contribution is 7.26. The van der Waals surface area contributed by atoms with Crippen LogP contribution in [-0.2, 0) is 16.2 Å². The largest absolute Gasteiger partial charge is 0.455 e. The van der Waals surface area contributed by atoms with Crippen LogP contribution in [0, 0.1) is 0 Å². The summed E-state index contributed by atoms with van der Waals surface area (Å²) in [6, 6.07) is 195. The molecule has 0 bridgehead atoms. The molecule has 9 heteroatoms. The Balaban J connectivity index is 0.000000108. The zero-order chi connectivity index (χ0) is 99.2. The van der Waals surface area contributed by atoms with Crippen LogP contribution in [0.15, 0.2) is 550 Å². The van der Waals surface area contributed by atoms with Gasteiger partial charge in [0.15, 0.2) is 23.3 Å². The molecule has 0 unspecified atom stereocenters. The lowest BCUT2D eigenvalue weighted by molar-refractivity contribution is 0.669. The van der Waals surface area contributed by atoms with Gasteiger partial charge in [-0.3, -0.25) is 0 Å². The minimum absolute atomic E-state index is 0.460. The van der Waals surface area contributed by atoms with Gasteiger partial charge in [-0.2, -0.15) is 0 Å². The van der Waals surface area contributed by atoms with Crippen LogP contribution in [-0.4, -0.2) is 29.9 Å². The molecule has 0 atom stereocenters. The zero-order valence-corrected chi connectivity index (χ0v) is 83.0. The minimum Gasteiger partial charge on any atom is -0.455 e. The molecule has 3 aliphatic rings. The fraction of sp³-hybridized carbons (Fsp3) is 0.0213. The van der Waals surface area contributed by atoms with Crippen LogP contribution in [0.25, 0.3) is 197 Å². The summed E-state index contributed by atoms with van der Waals surface area (Å²) >= 11 is 3.80. The lowest BCUT2D eigenvalue weighted by atomic mass is 9.67. The van der Waals surface area contributed by atoms with Gasteiger partial charge in [0.1, 0.15) is 11.2 Å². The molecule has 150 heavy (non-hydrogen) atoms. The molecule has 0 spiro atoms. The summed E-state index contributed by atoms with van der Waals surface area (Å²) in [7, 11) is 0. The molecule has 6 heterocycles. The van der Waals surface area contributed by atoms with Crippen molar-refractivity contribution in [3.05, 3.63) is 613 Å². The summed E-state index contributed by atoms with van der Waals surface area (Å²) < 4.78 is 12.1. The third-order valence-corrected chi connectivity index (χ3v) is 33.0. The van der Waals surface area contributed by atoms with Crippen LogP contribution in [0.1, 0.15) is 66.8 Å². The highest BCUT2D eigenvalue weighted by Gasteiger charge is 2.51. The quantitative estimate of drug-likeness (QED) is 0.101. The zero-order valence-electron chi connectivity index (χ0n) is 81.4. The van der Waals surface area contributed by atoms with Crippen molar-refractivity contribution < 1.29 is 4.42 Å². The van der Waals surface area contributed by atoms with E-state index in [-0.39, 0.29) is 0 Å². The van der Waals surface area contributed by atoms with Crippen LogP contribution in [0.5, 0.6) is 0 Å². The maximum Gasteiger partial charge on any atom is 0.164 e. The molecule has 702 valence electrons. The first-order chi connectivity index (χ1) is 74.4. The molecule has 0 N–H and O–H groups in total. The first kappa shape index (κ1) is 88.8. The second-order valence-corrected chi connectivity index (χ2v) is 40.8. The molecular formula is C141H90N6OS2. The van der Waals surface area contributed by atoms with Crippen molar-refractivity contribution in [1.29, 1.82) is 0 Å². The first-order valence-corrected chi connectivity index (χ1v) is 52.6. The number of furan rings is 1. The van der Waals surface area contributed by atoms with E-state index in [1.165, 1.54) is 135 Å². The number of rotatable bonds is 15. The lowest BCUT2D eigenvalue weighted by Gasteiger charge is -2.34. The Morgan fingerprint density at radius 1 is 0.167 bits per heavy atom. The Bertz CT molecular complexity index is 8660. The number of aromatic nitrogens is 6. The van der Waals surface area contributed by atoms with E-state index < -0.39 is 16.2 Å². The maximum atomic E-state index is 6.78. The predicted molar refractivity (Wildman–Crippen MR) is 620 cm³/mol. The van der Waals surface area contributed by atoms with Crippen molar-refractivity contribution in [3.8, 4) is 135 Å². The Morgan fingerprint density at radius 3 is 0.800 bits per heavy atom. The van der Waals surface area contributed by atoms with Gasteiger partial charge < -0.3 is 4.42 Å². The highest BCUT2D eigenvalue weighted by atomic mass is 32.1. The molecule has 0 aliphatic heterocycles. The van der Waals surface area contributed by atoms with Gasteiger partial charge >= 0.3 is 0 Å². The van der Waals surface area contributed by atoms with Gasteiger partial charge in [-0.05, 0) is 149 Å². The van der Waals surface area contributed by atoms with E-state index in [1.54, 1.807) is 0 Å². The van der Waals surface area contributed by atoms with E-state index in [0.717, 1.165) is 112 Å². The van der Waals surface area contributed by atoms with Crippen molar-refractivity contribution in [3.63, 3.8) is 0 Å². The van der Waals surface area contributed by atoms with Gasteiger partial charge in [-0.25, -0.2) is 29.9 Å². The molecule has 0 saturated carbocycles. The summed E-state index contributed by atoms with van der Waals surface area (Å²) in [4.78, 5) is 30.7. The molecule has 3 aliphatic carbocycles. The van der Waals surface area contributed by atoms with E-state index in [4.69, 9.17) is 34.3 Å². The summed E-state index contributed by atoms with van der Waals surface area (Å²) in [5.74, 6) is 2.61. The van der Waals surface area contributed by atoms with Crippen LogP contribution in [0.3, 0.4) is 0 Å². The highest BCUT2D eigenvalue weighted by Crippen LogP contribution is 2.64. The topological polar surface area (TPSA) is 90.5 Å². The Hall–Kier alpha value is -18.9. The third kappa shape index (κ3) is 14.7. The van der Waals surface area contributed by atoms with Crippen LogP contribution in [0.2, 0.25) is 0 Å². The Morgan fingerprint density at radius 2 is 0.433 bits per heavy atom. The normalized spacial score (nSPS) is 13.0. The second kappa shape index (κ2) is 37.0. The SMILES string of the molecule is c1ccc(-c2cc(-c3ccc4c(c3)-c3c(ccc5c3sc3ccccc35)C4(c3ccccc3)c3ccccc3)cc(-c3ccccc3)n2)cc1.c1ccc(-c2cc(-c3ccccc3)nc(-c3ccc4c(c3)-c3c(ccc5c3sc3ccccc35)C4(c3ccccc3)c3ccccc3)n2)cc1.c1ccc(-c2nc(-c3ccccc3)nc(-c3ccc4c(c3)-c3c(ccc5c3oc3ccccc35)C4(c3ccccc3)c3ccccc3)n2)cc1. The lowest BCUT2D eigenvalue weighted by Crippen LogP contribution is -2.28. The molecule has 30 rings (SSSR count). The van der Waals surface area contributed by atoms with Gasteiger partial charge in [-0.15, -0.1) is 22.7 Å². The van der Waals surface area contributed by atoms with Crippen LogP contribution < -0.4 is 0 Å². The molecule has 0 radical (unpaired) electrons. The number of para-hydroxylation sites is 1. The number of nitrogens with zero attached hydrogens (tertiary/aromatic N) is 6. The molecular weight excluding hydrogens is 1860 g/mol. The maximum absolute atomic E-state index is 6.78. The second-order valence-electron chi connectivity index (χ2n) is 38.7. The van der Waals surface area contributed by atoms with Crippen LogP contribution in [0.4, 0.5) is 0 Å². The van der Waals surface area contributed by atoms with Crippen molar-refractivity contribution >= 4 is 85.0 Å². The number of benzene rings is 21. The number of hydrogen-bond acceptors (Lipinski definition) is 9. The number of hydrogen-bond donors (Lipinski definition) is 0. The monoisotopic (exact) mass is 1950 g/mol. The van der Waals surface area contributed by atoms with E-state index in [9.17, 15) is 0 Å². The molecule has 21 aromatic carbocycles. The van der Waals surface area contributed by atoms with Gasteiger partial charge in [0, 0.05) is 112 Å². The average molecular weight is 1950 g/mol. The van der Waals surface area contributed by atoms with Crippen molar-refractivity contribution in [1.82, 2.24) is 29.9 Å². The minimum atomic E-state index is -0.567. The standard InChI is InChI=1S/C48H31NS.C47H30N2S.C46H29N3O/c1-5-15-32(16-6-1)43-30-35(31-44(49-43)33-17-7-2-8-18-33)34-25-27-41-40(29-34)46-42(28-26-39-38-23-13-14-24-45(38)50-47(39)46)48(41,36-19-9-3-10-20-36)37-21-11-4-12-22-37;1-5-15-31(16-6-1)41-30-42(32-17-7-2-8-18-32)49-46(48-41)33-25-27-39-38(29-33)44-40(28-26-37-36-23-13-14-24-43(36)50-45(37)44)47(39,34-19-9-3-10-20-34)35-21-11-4-12-22-35;1-5-15-30(16-6-1)43-47-44(31-17-7-2-8-18-31)49-45(48-43)32-25-27-38-37(29-32)41-39(28-26-36-35-23-13-14-24-40(35)50-42(36)41)46(38,33-19-9-3-10-20-33)34-21-11-4-12-22-34/h1-31H;1-30H;1-29H. The fourth-order valence-electron chi connectivity index (χ4n) is 24.0. The molecule has 0 amide bonds.